The highest BCUT2D eigenvalue weighted by Crippen LogP contribution is 2.24. The van der Waals surface area contributed by atoms with Gasteiger partial charge in [-0.3, -0.25) is 9.30 Å². The van der Waals surface area contributed by atoms with E-state index in [1.54, 1.807) is 0 Å². The average molecular weight is 279 g/mol. The molecule has 0 radical (unpaired) electrons. The number of nitrogens with zero attached hydrogens (tertiary/aromatic N) is 4. The Morgan fingerprint density at radius 1 is 1.37 bits per heavy atom. The van der Waals surface area contributed by atoms with Crippen LogP contribution in [0.25, 0.3) is 5.65 Å². The predicted octanol–water partition coefficient (Wildman–Crippen LogP) is 2.80. The Morgan fingerprint density at radius 3 is 3.00 bits per heavy atom. The van der Waals surface area contributed by atoms with E-state index in [9.17, 15) is 0 Å². The smallest absolute Gasteiger partial charge is 0.161 e. The number of aromatic nitrogens is 3. The van der Waals surface area contributed by atoms with Gasteiger partial charge in [-0.1, -0.05) is 17.7 Å². The lowest BCUT2D eigenvalue weighted by Gasteiger charge is -2.27. The molecule has 19 heavy (non-hydrogen) atoms. The zero-order chi connectivity index (χ0) is 13.4. The van der Waals surface area contributed by atoms with Crippen molar-refractivity contribution in [1.82, 2.24) is 19.5 Å². The van der Waals surface area contributed by atoms with Crippen molar-refractivity contribution in [3.05, 3.63) is 29.2 Å². The maximum absolute atomic E-state index is 6.26. The van der Waals surface area contributed by atoms with Crippen LogP contribution >= 0.6 is 11.6 Å². The van der Waals surface area contributed by atoms with Crippen molar-refractivity contribution in [2.75, 3.05) is 6.54 Å². The van der Waals surface area contributed by atoms with E-state index >= 15 is 0 Å². The van der Waals surface area contributed by atoms with Gasteiger partial charge >= 0.3 is 0 Å². The minimum atomic E-state index is 0.559. The number of fused-ring (bicyclic) bond motifs is 1. The van der Waals surface area contributed by atoms with E-state index in [4.69, 9.17) is 11.6 Å². The van der Waals surface area contributed by atoms with E-state index in [0.29, 0.717) is 17.2 Å². The molecule has 1 aliphatic heterocycles. The first-order valence-corrected chi connectivity index (χ1v) is 7.29. The minimum Gasteiger partial charge on any atom is -0.298 e. The third-order valence-corrected chi connectivity index (χ3v) is 4.25. The second-order valence-electron chi connectivity index (χ2n) is 5.49. The number of hydrogen-bond donors (Lipinski definition) is 0. The number of rotatable bonds is 3. The summed E-state index contributed by atoms with van der Waals surface area (Å²) in [6.45, 7) is 5.70. The van der Waals surface area contributed by atoms with Gasteiger partial charge in [0.25, 0.3) is 0 Å². The molecule has 0 aromatic carbocycles. The molecule has 4 nitrogen and oxygen atoms in total. The predicted molar refractivity (Wildman–Crippen MR) is 76.6 cm³/mol. The first-order chi connectivity index (χ1) is 9.16. The molecule has 1 saturated heterocycles. The molecule has 1 unspecified atom stereocenters. The van der Waals surface area contributed by atoms with Crippen LogP contribution in [0.2, 0.25) is 5.15 Å². The van der Waals surface area contributed by atoms with Crippen LogP contribution in [-0.4, -0.2) is 38.1 Å². The summed E-state index contributed by atoms with van der Waals surface area (Å²) in [5, 5.41) is 9.20. The molecule has 5 heteroatoms. The van der Waals surface area contributed by atoms with Gasteiger partial charge < -0.3 is 0 Å². The van der Waals surface area contributed by atoms with Gasteiger partial charge in [0.15, 0.2) is 5.65 Å². The van der Waals surface area contributed by atoms with Crippen LogP contribution in [0.1, 0.15) is 32.5 Å². The Labute approximate surface area is 118 Å². The molecular formula is C14H19ClN4. The Balaban J connectivity index is 1.89. The van der Waals surface area contributed by atoms with E-state index in [1.807, 2.05) is 22.6 Å². The summed E-state index contributed by atoms with van der Waals surface area (Å²) >= 11 is 6.26. The second kappa shape index (κ2) is 5.10. The Bertz CT molecular complexity index is 578. The zero-order valence-electron chi connectivity index (χ0n) is 11.4. The lowest BCUT2D eigenvalue weighted by Crippen LogP contribution is -2.37. The molecule has 0 amide bonds. The average Bonchev–Trinajstić information content (AvgIpc) is 2.98. The first-order valence-electron chi connectivity index (χ1n) is 6.91. The zero-order valence-corrected chi connectivity index (χ0v) is 12.1. The van der Waals surface area contributed by atoms with Crippen LogP contribution in [0.15, 0.2) is 18.2 Å². The minimum absolute atomic E-state index is 0.559. The summed E-state index contributed by atoms with van der Waals surface area (Å²) < 4.78 is 1.96. The first kappa shape index (κ1) is 12.9. The Hall–Kier alpha value is -1.13. The van der Waals surface area contributed by atoms with Gasteiger partial charge in [-0.2, -0.15) is 0 Å². The lowest BCUT2D eigenvalue weighted by molar-refractivity contribution is 0.200. The van der Waals surface area contributed by atoms with E-state index in [1.165, 1.54) is 19.4 Å². The van der Waals surface area contributed by atoms with Crippen molar-refractivity contribution < 1.29 is 0 Å². The summed E-state index contributed by atoms with van der Waals surface area (Å²) in [5.41, 5.74) is 0.830. The number of hydrogen-bond acceptors (Lipinski definition) is 3. The molecule has 0 N–H and O–H groups in total. The van der Waals surface area contributed by atoms with Crippen LogP contribution in [-0.2, 0) is 6.42 Å². The van der Waals surface area contributed by atoms with Crippen LogP contribution < -0.4 is 0 Å². The molecule has 3 rings (SSSR count). The van der Waals surface area contributed by atoms with Crippen molar-refractivity contribution in [3.63, 3.8) is 0 Å². The highest BCUT2D eigenvalue weighted by atomic mass is 35.5. The van der Waals surface area contributed by atoms with Crippen molar-refractivity contribution in [2.24, 2.45) is 0 Å². The normalized spacial score (nSPS) is 20.7. The largest absolute Gasteiger partial charge is 0.298 e. The van der Waals surface area contributed by atoms with Crippen LogP contribution in [0.3, 0.4) is 0 Å². The molecule has 2 aromatic heterocycles. The number of halogens is 1. The fourth-order valence-electron chi connectivity index (χ4n) is 3.06. The van der Waals surface area contributed by atoms with Crippen LogP contribution in [0.4, 0.5) is 0 Å². The lowest BCUT2D eigenvalue weighted by atomic mass is 10.1. The maximum Gasteiger partial charge on any atom is 0.161 e. The summed E-state index contributed by atoms with van der Waals surface area (Å²) in [4.78, 5) is 2.55. The third kappa shape index (κ3) is 2.35. The highest BCUT2D eigenvalue weighted by Gasteiger charge is 2.28. The molecular weight excluding hydrogens is 260 g/mol. The fourth-order valence-corrected chi connectivity index (χ4v) is 3.32. The monoisotopic (exact) mass is 278 g/mol. The van der Waals surface area contributed by atoms with Gasteiger partial charge in [0, 0.05) is 18.5 Å². The molecule has 3 heterocycles. The third-order valence-electron chi connectivity index (χ3n) is 3.95. The fraction of sp³-hybridized carbons (Fsp3) is 0.571. The van der Waals surface area contributed by atoms with Gasteiger partial charge in [0.2, 0.25) is 0 Å². The molecule has 0 saturated carbocycles. The Kier molecular flexibility index (Phi) is 3.46. The molecule has 0 aliphatic carbocycles. The highest BCUT2D eigenvalue weighted by molar-refractivity contribution is 6.29. The molecule has 0 spiro atoms. The van der Waals surface area contributed by atoms with Gasteiger partial charge in [-0.25, -0.2) is 0 Å². The van der Waals surface area contributed by atoms with Gasteiger partial charge in [-0.05, 0) is 45.4 Å². The topological polar surface area (TPSA) is 33.4 Å². The molecule has 102 valence electrons. The van der Waals surface area contributed by atoms with Crippen molar-refractivity contribution in [2.45, 2.75) is 45.2 Å². The van der Waals surface area contributed by atoms with E-state index in [0.717, 1.165) is 17.9 Å². The molecule has 1 atom stereocenters. The number of pyridine rings is 1. The quantitative estimate of drug-likeness (QED) is 0.810. The summed E-state index contributed by atoms with van der Waals surface area (Å²) in [5.74, 6) is 0.971. The summed E-state index contributed by atoms with van der Waals surface area (Å²) in [6.07, 6.45) is 3.42. The molecule has 1 fully saturated rings. The SMILES string of the molecule is CC(C)N1CCCC1Cc1nnc2cccc(Cl)n12. The summed E-state index contributed by atoms with van der Waals surface area (Å²) in [6, 6.07) is 6.88. The molecule has 1 aliphatic rings. The number of likely N-dealkylation sites (tertiary alicyclic amines) is 1. The van der Waals surface area contributed by atoms with E-state index < -0.39 is 0 Å². The molecule has 0 bridgehead atoms. The van der Waals surface area contributed by atoms with Crippen molar-refractivity contribution >= 4 is 17.2 Å². The van der Waals surface area contributed by atoms with Crippen molar-refractivity contribution in [3.8, 4) is 0 Å². The van der Waals surface area contributed by atoms with Gasteiger partial charge in [0.05, 0.1) is 0 Å². The summed E-state index contributed by atoms with van der Waals surface area (Å²) in [7, 11) is 0. The molecule has 2 aromatic rings. The van der Waals surface area contributed by atoms with E-state index in [-0.39, 0.29) is 0 Å². The standard InChI is InChI=1S/C14H19ClN4/c1-10(2)18-8-4-5-11(18)9-14-17-16-13-7-3-6-12(15)19(13)14/h3,6-7,10-11H,4-5,8-9H2,1-2H3. The van der Waals surface area contributed by atoms with Crippen molar-refractivity contribution in [1.29, 1.82) is 0 Å². The second-order valence-corrected chi connectivity index (χ2v) is 5.88. The maximum atomic E-state index is 6.26. The van der Waals surface area contributed by atoms with Gasteiger partial charge in [-0.15, -0.1) is 10.2 Å². The van der Waals surface area contributed by atoms with E-state index in [2.05, 4.69) is 28.9 Å². The van der Waals surface area contributed by atoms with Gasteiger partial charge in [0.1, 0.15) is 11.0 Å². The van der Waals surface area contributed by atoms with Crippen LogP contribution in [0.5, 0.6) is 0 Å². The Morgan fingerprint density at radius 2 is 2.21 bits per heavy atom. The van der Waals surface area contributed by atoms with Crippen LogP contribution in [0, 0.1) is 0 Å².